The first-order chi connectivity index (χ1) is 9.97. The molecule has 1 heterocycles. The first-order valence-corrected chi connectivity index (χ1v) is 7.83. The van der Waals surface area contributed by atoms with Gasteiger partial charge in [-0.3, -0.25) is 0 Å². The summed E-state index contributed by atoms with van der Waals surface area (Å²) in [6, 6.07) is 0. The highest BCUT2D eigenvalue weighted by molar-refractivity contribution is 4.86. The molecule has 0 bridgehead atoms. The van der Waals surface area contributed by atoms with Crippen molar-refractivity contribution < 1.29 is 29.5 Å². The van der Waals surface area contributed by atoms with Crippen molar-refractivity contribution in [3.63, 3.8) is 0 Å². The van der Waals surface area contributed by atoms with Crippen molar-refractivity contribution in [2.24, 2.45) is 5.92 Å². The van der Waals surface area contributed by atoms with Crippen molar-refractivity contribution in [1.82, 2.24) is 0 Å². The van der Waals surface area contributed by atoms with Crippen LogP contribution in [0.1, 0.15) is 40.0 Å². The minimum absolute atomic E-state index is 0.265. The van der Waals surface area contributed by atoms with Crippen molar-refractivity contribution in [1.29, 1.82) is 0 Å². The molecule has 0 amide bonds. The van der Waals surface area contributed by atoms with Crippen molar-refractivity contribution in [3.8, 4) is 0 Å². The van der Waals surface area contributed by atoms with Crippen LogP contribution in [-0.2, 0) is 14.2 Å². The molecule has 1 rings (SSSR count). The van der Waals surface area contributed by atoms with E-state index in [1.165, 1.54) is 0 Å². The van der Waals surface area contributed by atoms with Crippen molar-refractivity contribution in [2.75, 3.05) is 19.8 Å². The van der Waals surface area contributed by atoms with Gasteiger partial charge in [0.1, 0.15) is 12.2 Å². The van der Waals surface area contributed by atoms with E-state index in [1.807, 2.05) is 13.8 Å². The van der Waals surface area contributed by atoms with Crippen LogP contribution in [0, 0.1) is 5.92 Å². The lowest BCUT2D eigenvalue weighted by Gasteiger charge is -2.40. The van der Waals surface area contributed by atoms with Crippen LogP contribution in [0.25, 0.3) is 0 Å². The van der Waals surface area contributed by atoms with Crippen LogP contribution in [0.15, 0.2) is 0 Å². The van der Waals surface area contributed by atoms with Crippen LogP contribution in [0.4, 0.5) is 0 Å². The maximum absolute atomic E-state index is 9.91. The van der Waals surface area contributed by atoms with Gasteiger partial charge in [-0.25, -0.2) is 0 Å². The summed E-state index contributed by atoms with van der Waals surface area (Å²) < 4.78 is 16.6. The van der Waals surface area contributed by atoms with Crippen LogP contribution in [0.2, 0.25) is 0 Å². The van der Waals surface area contributed by atoms with E-state index in [-0.39, 0.29) is 18.6 Å². The van der Waals surface area contributed by atoms with Gasteiger partial charge in [-0.05, 0) is 33.1 Å². The summed E-state index contributed by atoms with van der Waals surface area (Å²) in [7, 11) is 0. The lowest BCUT2D eigenvalue weighted by molar-refractivity contribution is -0.282. The number of unbranched alkanes of at least 4 members (excludes halogenated alkanes) is 2. The molecular formula is C15H30O6. The molecule has 5 atom stereocenters. The minimum Gasteiger partial charge on any atom is -0.394 e. The molecule has 1 fully saturated rings. The third kappa shape index (κ3) is 6.18. The highest BCUT2D eigenvalue weighted by Gasteiger charge is 2.42. The van der Waals surface area contributed by atoms with Gasteiger partial charge in [-0.1, -0.05) is 6.92 Å². The van der Waals surface area contributed by atoms with Crippen molar-refractivity contribution in [2.45, 2.75) is 70.7 Å². The van der Waals surface area contributed by atoms with Crippen molar-refractivity contribution >= 4 is 0 Å². The van der Waals surface area contributed by atoms with Gasteiger partial charge in [-0.15, -0.1) is 0 Å². The zero-order valence-corrected chi connectivity index (χ0v) is 13.3. The number of aliphatic hydroxyl groups is 3. The fraction of sp³-hybridized carbons (Fsp3) is 1.00. The minimum atomic E-state index is -1.07. The highest BCUT2D eigenvalue weighted by Crippen LogP contribution is 2.26. The Labute approximate surface area is 127 Å². The normalized spacial score (nSPS) is 33.6. The van der Waals surface area contributed by atoms with Gasteiger partial charge in [0.15, 0.2) is 6.29 Å². The average molecular weight is 306 g/mol. The summed E-state index contributed by atoms with van der Waals surface area (Å²) >= 11 is 0. The SMILES string of the molecule is CC(C)OCCCCCO[C@@H]1OC(CO)[C@H](O)[C@H](O)C1C. The molecule has 126 valence electrons. The van der Waals surface area contributed by atoms with Crippen LogP contribution >= 0.6 is 0 Å². The molecule has 6 heteroatoms. The third-order valence-corrected chi connectivity index (χ3v) is 3.71. The lowest BCUT2D eigenvalue weighted by atomic mass is 9.92. The molecule has 0 aromatic carbocycles. The van der Waals surface area contributed by atoms with E-state index in [4.69, 9.17) is 19.3 Å². The maximum Gasteiger partial charge on any atom is 0.163 e. The molecule has 2 unspecified atom stereocenters. The van der Waals surface area contributed by atoms with E-state index >= 15 is 0 Å². The summed E-state index contributed by atoms with van der Waals surface area (Å²) in [6.45, 7) is 6.74. The second-order valence-electron chi connectivity index (χ2n) is 5.92. The number of hydrogen-bond donors (Lipinski definition) is 3. The maximum atomic E-state index is 9.91. The summed E-state index contributed by atoms with van der Waals surface area (Å²) in [6.07, 6.45) is -0.255. The van der Waals surface area contributed by atoms with Gasteiger partial charge in [0.25, 0.3) is 0 Å². The Morgan fingerprint density at radius 2 is 1.71 bits per heavy atom. The quantitative estimate of drug-likeness (QED) is 0.543. The first kappa shape index (κ1) is 18.8. The van der Waals surface area contributed by atoms with Gasteiger partial charge in [-0.2, -0.15) is 0 Å². The zero-order valence-electron chi connectivity index (χ0n) is 13.3. The van der Waals surface area contributed by atoms with Crippen LogP contribution in [0.3, 0.4) is 0 Å². The Morgan fingerprint density at radius 3 is 2.33 bits per heavy atom. The molecule has 0 aromatic rings. The molecule has 1 saturated heterocycles. The monoisotopic (exact) mass is 306 g/mol. The third-order valence-electron chi connectivity index (χ3n) is 3.71. The Kier molecular flexibility index (Phi) is 8.70. The second-order valence-corrected chi connectivity index (χ2v) is 5.92. The smallest absolute Gasteiger partial charge is 0.163 e. The summed E-state index contributed by atoms with van der Waals surface area (Å²) in [5, 5.41) is 28.8. The van der Waals surface area contributed by atoms with E-state index in [0.29, 0.717) is 6.61 Å². The summed E-state index contributed by atoms with van der Waals surface area (Å²) in [4.78, 5) is 0. The van der Waals surface area contributed by atoms with E-state index < -0.39 is 24.6 Å². The van der Waals surface area contributed by atoms with Crippen LogP contribution in [-0.4, -0.2) is 65.8 Å². The topological polar surface area (TPSA) is 88.4 Å². The van der Waals surface area contributed by atoms with E-state index in [2.05, 4.69) is 0 Å². The van der Waals surface area contributed by atoms with Crippen LogP contribution < -0.4 is 0 Å². The Balaban J connectivity index is 2.19. The Hall–Kier alpha value is -0.240. The Bertz CT molecular complexity index is 271. The number of rotatable bonds is 9. The molecule has 3 N–H and O–H groups in total. The number of hydrogen-bond acceptors (Lipinski definition) is 6. The average Bonchev–Trinajstić information content (AvgIpc) is 2.45. The highest BCUT2D eigenvalue weighted by atomic mass is 16.7. The van der Waals surface area contributed by atoms with Crippen molar-refractivity contribution in [3.05, 3.63) is 0 Å². The zero-order chi connectivity index (χ0) is 15.8. The molecule has 1 aliphatic rings. The fourth-order valence-electron chi connectivity index (χ4n) is 2.31. The van der Waals surface area contributed by atoms with Gasteiger partial charge in [0.05, 0.1) is 18.8 Å². The van der Waals surface area contributed by atoms with Gasteiger partial charge in [0.2, 0.25) is 0 Å². The standard InChI is InChI=1S/C15H30O6/c1-10(2)19-7-5-4-6-8-20-15-11(3)13(17)14(18)12(9-16)21-15/h10-18H,4-9H2,1-3H3/t11?,12?,13-,14+,15-/m1/s1. The Morgan fingerprint density at radius 1 is 1.05 bits per heavy atom. The molecule has 0 saturated carbocycles. The predicted octanol–water partition coefficient (Wildman–Crippen LogP) is 0.673. The molecule has 1 aliphatic heterocycles. The van der Waals surface area contributed by atoms with Gasteiger partial charge in [0, 0.05) is 19.1 Å². The second kappa shape index (κ2) is 9.71. The first-order valence-electron chi connectivity index (χ1n) is 7.83. The number of ether oxygens (including phenoxy) is 3. The molecule has 0 aliphatic carbocycles. The molecular weight excluding hydrogens is 276 g/mol. The molecule has 6 nitrogen and oxygen atoms in total. The van der Waals surface area contributed by atoms with E-state index in [9.17, 15) is 10.2 Å². The predicted molar refractivity (Wildman–Crippen MR) is 77.8 cm³/mol. The molecule has 0 aromatic heterocycles. The van der Waals surface area contributed by atoms with E-state index in [1.54, 1.807) is 6.92 Å². The molecule has 0 radical (unpaired) electrons. The van der Waals surface area contributed by atoms with Crippen LogP contribution in [0.5, 0.6) is 0 Å². The van der Waals surface area contributed by atoms with Gasteiger partial charge < -0.3 is 29.5 Å². The van der Waals surface area contributed by atoms with Gasteiger partial charge >= 0.3 is 0 Å². The fourth-order valence-corrected chi connectivity index (χ4v) is 2.31. The largest absolute Gasteiger partial charge is 0.394 e. The summed E-state index contributed by atoms with van der Waals surface area (Å²) in [5.74, 6) is -0.327. The summed E-state index contributed by atoms with van der Waals surface area (Å²) in [5.41, 5.74) is 0. The number of aliphatic hydroxyl groups excluding tert-OH is 3. The lowest BCUT2D eigenvalue weighted by Crippen LogP contribution is -2.55. The molecule has 21 heavy (non-hydrogen) atoms. The van der Waals surface area contributed by atoms with E-state index in [0.717, 1.165) is 25.9 Å². The molecule has 0 spiro atoms.